The molecule has 1 aliphatic carbocycles. The molecule has 1 saturated heterocycles. The third kappa shape index (κ3) is 6.42. The molecule has 2 heterocycles. The summed E-state index contributed by atoms with van der Waals surface area (Å²) in [5.74, 6) is 3.32. The van der Waals surface area contributed by atoms with Crippen LogP contribution >= 0.6 is 11.5 Å². The summed E-state index contributed by atoms with van der Waals surface area (Å²) in [5.41, 5.74) is 1.16. The lowest BCUT2D eigenvalue weighted by atomic mass is 9.97. The van der Waals surface area contributed by atoms with Crippen LogP contribution < -0.4 is 15.0 Å². The number of methoxy groups -OCH3 is 1. The highest BCUT2D eigenvalue weighted by Gasteiger charge is 2.23. The average Bonchev–Trinajstić information content (AvgIpc) is 3.49. The van der Waals surface area contributed by atoms with E-state index < -0.39 is 0 Å². The molecule has 2 aliphatic rings. The number of nitrogens with zero attached hydrogens (tertiary/aromatic N) is 3. The van der Waals surface area contributed by atoms with Crippen LogP contribution in [0.15, 0.2) is 24.3 Å². The van der Waals surface area contributed by atoms with E-state index >= 15 is 0 Å². The maximum Gasteiger partial charge on any atom is 0.220 e. The quantitative estimate of drug-likeness (QED) is 0.622. The molecule has 0 bridgehead atoms. The van der Waals surface area contributed by atoms with Gasteiger partial charge in [-0.05, 0) is 48.8 Å². The predicted molar refractivity (Wildman–Crippen MR) is 125 cm³/mol. The first-order valence-corrected chi connectivity index (χ1v) is 12.4. The van der Waals surface area contributed by atoms with Gasteiger partial charge in [0, 0.05) is 44.0 Å². The van der Waals surface area contributed by atoms with Crippen LogP contribution in [-0.4, -0.2) is 42.0 Å². The number of piperidine rings is 1. The summed E-state index contributed by atoms with van der Waals surface area (Å²) in [5, 5.41) is 4.19. The molecule has 31 heavy (non-hydrogen) atoms. The Morgan fingerprint density at radius 3 is 2.77 bits per heavy atom. The molecular weight excluding hydrogens is 408 g/mol. The van der Waals surface area contributed by atoms with E-state index in [-0.39, 0.29) is 5.91 Å². The van der Waals surface area contributed by atoms with Crippen molar-refractivity contribution in [3.63, 3.8) is 0 Å². The number of hydrogen-bond donors (Lipinski definition) is 1. The van der Waals surface area contributed by atoms with Gasteiger partial charge in [-0.1, -0.05) is 37.8 Å². The lowest BCUT2D eigenvalue weighted by Crippen LogP contribution is -2.38. The van der Waals surface area contributed by atoms with Crippen LogP contribution in [0, 0.1) is 11.8 Å². The van der Waals surface area contributed by atoms with Gasteiger partial charge < -0.3 is 15.0 Å². The normalized spacial score (nSPS) is 17.8. The summed E-state index contributed by atoms with van der Waals surface area (Å²) in [6.45, 7) is 2.78. The second-order valence-electron chi connectivity index (χ2n) is 8.95. The first kappa shape index (κ1) is 22.1. The van der Waals surface area contributed by atoms with Gasteiger partial charge in [-0.25, -0.2) is 4.98 Å². The zero-order valence-electron chi connectivity index (χ0n) is 18.5. The van der Waals surface area contributed by atoms with Crippen LogP contribution in [0.25, 0.3) is 0 Å². The Labute approximate surface area is 189 Å². The maximum absolute atomic E-state index is 12.2. The van der Waals surface area contributed by atoms with Crippen molar-refractivity contribution in [3.8, 4) is 5.75 Å². The van der Waals surface area contributed by atoms with E-state index in [0.717, 1.165) is 73.5 Å². The summed E-state index contributed by atoms with van der Waals surface area (Å²) in [6, 6.07) is 8.07. The first-order valence-electron chi connectivity index (χ1n) is 11.7. The highest BCUT2D eigenvalue weighted by atomic mass is 32.1. The number of rotatable bonds is 9. The van der Waals surface area contributed by atoms with Gasteiger partial charge in [-0.3, -0.25) is 4.79 Å². The summed E-state index contributed by atoms with van der Waals surface area (Å²) >= 11 is 1.49. The molecule has 1 aromatic carbocycles. The SMILES string of the molecule is COc1cccc(Cc2nsc(N3CCC(CNC(=O)CCC4CCCC4)CC3)n2)c1. The van der Waals surface area contributed by atoms with E-state index in [0.29, 0.717) is 12.3 Å². The Kier molecular flexibility index (Phi) is 7.78. The van der Waals surface area contributed by atoms with Crippen molar-refractivity contribution in [3.05, 3.63) is 35.7 Å². The largest absolute Gasteiger partial charge is 0.497 e. The van der Waals surface area contributed by atoms with Crippen molar-refractivity contribution in [2.45, 2.75) is 57.8 Å². The molecule has 1 N–H and O–H groups in total. The molecule has 4 rings (SSSR count). The van der Waals surface area contributed by atoms with E-state index in [1.807, 2.05) is 18.2 Å². The van der Waals surface area contributed by atoms with Crippen LogP contribution in [0.4, 0.5) is 5.13 Å². The lowest BCUT2D eigenvalue weighted by Gasteiger charge is -2.31. The fourth-order valence-electron chi connectivity index (χ4n) is 4.72. The first-order chi connectivity index (χ1) is 15.2. The van der Waals surface area contributed by atoms with Gasteiger partial charge in [-0.15, -0.1) is 0 Å². The molecule has 1 amide bonds. The molecule has 0 atom stereocenters. The van der Waals surface area contributed by atoms with Crippen LogP contribution in [0.3, 0.4) is 0 Å². The fraction of sp³-hybridized carbons (Fsp3) is 0.625. The van der Waals surface area contributed by atoms with Gasteiger partial charge in [0.1, 0.15) is 11.6 Å². The predicted octanol–water partition coefficient (Wildman–Crippen LogP) is 4.44. The van der Waals surface area contributed by atoms with Crippen LogP contribution in [-0.2, 0) is 11.2 Å². The molecule has 1 saturated carbocycles. The van der Waals surface area contributed by atoms with Gasteiger partial charge in [0.2, 0.25) is 11.0 Å². The third-order valence-electron chi connectivity index (χ3n) is 6.68. The van der Waals surface area contributed by atoms with E-state index in [2.05, 4.69) is 20.7 Å². The molecule has 6 nitrogen and oxygen atoms in total. The molecule has 0 radical (unpaired) electrons. The molecule has 1 aliphatic heterocycles. The second-order valence-corrected chi connectivity index (χ2v) is 9.68. The standard InChI is InChI=1S/C24H34N4O2S/c1-30-21-8-4-7-20(15-21)16-22-26-24(31-27-22)28-13-11-19(12-14-28)17-25-23(29)10-9-18-5-2-3-6-18/h4,7-8,15,18-19H,2-3,5-6,9-14,16-17H2,1H3,(H,25,29). The monoisotopic (exact) mass is 442 g/mol. The zero-order chi connectivity index (χ0) is 21.5. The van der Waals surface area contributed by atoms with Crippen LogP contribution in [0.5, 0.6) is 5.75 Å². The molecule has 2 aromatic rings. The molecule has 7 heteroatoms. The van der Waals surface area contributed by atoms with Crippen LogP contribution in [0.1, 0.15) is 62.8 Å². The summed E-state index contributed by atoms with van der Waals surface area (Å²) in [4.78, 5) is 19.3. The molecular formula is C24H34N4O2S. The number of carbonyl (C=O) groups excluding carboxylic acids is 1. The minimum Gasteiger partial charge on any atom is -0.497 e. The van der Waals surface area contributed by atoms with Gasteiger partial charge in [0.15, 0.2) is 0 Å². The average molecular weight is 443 g/mol. The Bertz CT molecular complexity index is 842. The zero-order valence-corrected chi connectivity index (χ0v) is 19.3. The summed E-state index contributed by atoms with van der Waals surface area (Å²) < 4.78 is 9.87. The van der Waals surface area contributed by atoms with Crippen molar-refractivity contribution in [2.24, 2.45) is 11.8 Å². The highest BCUT2D eigenvalue weighted by molar-refractivity contribution is 7.09. The fourth-order valence-corrected chi connectivity index (χ4v) is 5.46. The number of anilines is 1. The Morgan fingerprint density at radius 2 is 2.00 bits per heavy atom. The molecule has 0 unspecified atom stereocenters. The molecule has 0 spiro atoms. The molecule has 168 valence electrons. The van der Waals surface area contributed by atoms with Gasteiger partial charge >= 0.3 is 0 Å². The van der Waals surface area contributed by atoms with Crippen LogP contribution in [0.2, 0.25) is 0 Å². The van der Waals surface area contributed by atoms with E-state index in [9.17, 15) is 4.79 Å². The number of carbonyl (C=O) groups is 1. The molecule has 2 fully saturated rings. The second kappa shape index (κ2) is 10.9. The summed E-state index contributed by atoms with van der Waals surface area (Å²) in [6.07, 6.45) is 10.0. The van der Waals surface area contributed by atoms with Gasteiger partial charge in [-0.2, -0.15) is 4.37 Å². The van der Waals surface area contributed by atoms with Gasteiger partial charge in [0.25, 0.3) is 0 Å². The van der Waals surface area contributed by atoms with Crippen molar-refractivity contribution in [1.82, 2.24) is 14.7 Å². The number of aromatic nitrogens is 2. The Morgan fingerprint density at radius 1 is 1.19 bits per heavy atom. The maximum atomic E-state index is 12.2. The lowest BCUT2D eigenvalue weighted by molar-refractivity contribution is -0.121. The number of hydrogen-bond acceptors (Lipinski definition) is 6. The van der Waals surface area contributed by atoms with E-state index in [4.69, 9.17) is 9.72 Å². The topological polar surface area (TPSA) is 67.3 Å². The summed E-state index contributed by atoms with van der Waals surface area (Å²) in [7, 11) is 1.68. The number of amides is 1. The Hall–Kier alpha value is -2.15. The van der Waals surface area contributed by atoms with Crippen molar-refractivity contribution in [2.75, 3.05) is 31.6 Å². The smallest absolute Gasteiger partial charge is 0.220 e. The highest BCUT2D eigenvalue weighted by Crippen LogP contribution is 2.29. The third-order valence-corrected chi connectivity index (χ3v) is 7.50. The van der Waals surface area contributed by atoms with Crippen molar-refractivity contribution >= 4 is 22.6 Å². The number of benzene rings is 1. The number of nitrogens with one attached hydrogen (secondary N) is 1. The molecule has 1 aromatic heterocycles. The minimum absolute atomic E-state index is 0.237. The Balaban J connectivity index is 1.18. The van der Waals surface area contributed by atoms with Gasteiger partial charge in [0.05, 0.1) is 7.11 Å². The number of ether oxygens (including phenoxy) is 1. The van der Waals surface area contributed by atoms with Crippen molar-refractivity contribution < 1.29 is 9.53 Å². The van der Waals surface area contributed by atoms with E-state index in [1.54, 1.807) is 7.11 Å². The van der Waals surface area contributed by atoms with E-state index in [1.165, 1.54) is 37.2 Å². The minimum atomic E-state index is 0.237. The van der Waals surface area contributed by atoms with Crippen molar-refractivity contribution in [1.29, 1.82) is 0 Å².